The van der Waals surface area contributed by atoms with Crippen LogP contribution in [0.2, 0.25) is 0 Å². The largest absolute Gasteiger partial charge is 0.332 e. The highest BCUT2D eigenvalue weighted by atomic mass is 79.9. The second-order valence-corrected chi connectivity index (χ2v) is 6.88. The van der Waals surface area contributed by atoms with Crippen molar-refractivity contribution >= 4 is 44.1 Å². The molecule has 2 amide bonds. The Bertz CT molecular complexity index is 830. The van der Waals surface area contributed by atoms with Crippen LogP contribution in [-0.2, 0) is 13.0 Å². The number of urea groups is 1. The number of carbonyl (C=O) groups is 1. The highest BCUT2D eigenvalue weighted by Gasteiger charge is 2.08. The van der Waals surface area contributed by atoms with Crippen molar-refractivity contribution in [1.82, 2.24) is 24.9 Å². The van der Waals surface area contributed by atoms with Crippen LogP contribution in [0.3, 0.4) is 0 Å². The topological polar surface area (TPSA) is 84.2 Å². The molecular formula is C14H15BrN6OS. The van der Waals surface area contributed by atoms with E-state index in [4.69, 9.17) is 0 Å². The Morgan fingerprint density at radius 2 is 2.22 bits per heavy atom. The molecule has 3 aromatic heterocycles. The lowest BCUT2D eigenvalue weighted by Gasteiger charge is -2.02. The fourth-order valence-electron chi connectivity index (χ4n) is 2.03. The van der Waals surface area contributed by atoms with Gasteiger partial charge in [0, 0.05) is 23.3 Å². The summed E-state index contributed by atoms with van der Waals surface area (Å²) < 4.78 is 2.87. The SMILES string of the molecule is CCCc1nnc(NC(=O)NCc2cn3cc(Br)ccc3n2)s1. The third-order valence-corrected chi connectivity index (χ3v) is 4.41. The molecule has 0 radical (unpaired) electrons. The quantitative estimate of drug-likeness (QED) is 0.695. The van der Waals surface area contributed by atoms with Crippen molar-refractivity contribution in [2.24, 2.45) is 0 Å². The summed E-state index contributed by atoms with van der Waals surface area (Å²) in [6, 6.07) is 3.52. The Kier molecular flexibility index (Phi) is 4.87. The molecule has 0 aromatic carbocycles. The zero-order valence-corrected chi connectivity index (χ0v) is 14.8. The van der Waals surface area contributed by atoms with Gasteiger partial charge in [-0.3, -0.25) is 5.32 Å². The van der Waals surface area contributed by atoms with E-state index >= 15 is 0 Å². The molecule has 120 valence electrons. The summed E-state index contributed by atoms with van der Waals surface area (Å²) in [5.41, 5.74) is 1.61. The molecule has 0 saturated heterocycles. The standard InChI is InChI=1S/C14H15BrN6OS/c1-2-3-12-19-20-14(23-12)18-13(22)16-6-10-8-21-7-9(15)4-5-11(21)17-10/h4-5,7-8H,2-3,6H2,1H3,(H2,16,18,20,22). The maximum absolute atomic E-state index is 11.9. The maximum Gasteiger partial charge on any atom is 0.321 e. The summed E-state index contributed by atoms with van der Waals surface area (Å²) in [6.45, 7) is 2.42. The summed E-state index contributed by atoms with van der Waals surface area (Å²) >= 11 is 4.81. The number of aryl methyl sites for hydroxylation is 1. The lowest BCUT2D eigenvalue weighted by molar-refractivity contribution is 0.251. The molecule has 9 heteroatoms. The predicted octanol–water partition coefficient (Wildman–Crippen LogP) is 3.22. The first-order valence-electron chi connectivity index (χ1n) is 7.14. The normalized spacial score (nSPS) is 10.9. The van der Waals surface area contributed by atoms with Crippen LogP contribution in [0.4, 0.5) is 9.93 Å². The zero-order valence-electron chi connectivity index (χ0n) is 12.4. The van der Waals surface area contributed by atoms with Gasteiger partial charge in [0.15, 0.2) is 0 Å². The van der Waals surface area contributed by atoms with Crippen LogP contribution in [0.1, 0.15) is 24.0 Å². The Labute approximate surface area is 145 Å². The van der Waals surface area contributed by atoms with Gasteiger partial charge in [-0.25, -0.2) is 9.78 Å². The summed E-state index contributed by atoms with van der Waals surface area (Å²) in [6.07, 6.45) is 5.68. The van der Waals surface area contributed by atoms with Crippen molar-refractivity contribution in [3.63, 3.8) is 0 Å². The molecule has 0 aliphatic rings. The number of nitrogens with zero attached hydrogens (tertiary/aromatic N) is 4. The third-order valence-electron chi connectivity index (χ3n) is 3.05. The second-order valence-electron chi connectivity index (χ2n) is 4.90. The minimum Gasteiger partial charge on any atom is -0.332 e. The molecule has 3 aromatic rings. The van der Waals surface area contributed by atoms with E-state index in [1.165, 1.54) is 11.3 Å². The molecule has 0 atom stereocenters. The monoisotopic (exact) mass is 394 g/mol. The smallest absolute Gasteiger partial charge is 0.321 e. The second kappa shape index (κ2) is 7.05. The Morgan fingerprint density at radius 3 is 3.04 bits per heavy atom. The zero-order chi connectivity index (χ0) is 16.2. The van der Waals surface area contributed by atoms with Crippen molar-refractivity contribution in [2.45, 2.75) is 26.3 Å². The maximum atomic E-state index is 11.9. The molecule has 0 fully saturated rings. The van der Waals surface area contributed by atoms with Crippen LogP contribution in [0.15, 0.2) is 29.0 Å². The van der Waals surface area contributed by atoms with Gasteiger partial charge in [0.25, 0.3) is 0 Å². The molecule has 23 heavy (non-hydrogen) atoms. The molecule has 0 aliphatic heterocycles. The fraction of sp³-hybridized carbons (Fsp3) is 0.286. The first-order valence-corrected chi connectivity index (χ1v) is 8.75. The van der Waals surface area contributed by atoms with E-state index in [9.17, 15) is 4.79 Å². The molecule has 3 rings (SSSR count). The van der Waals surface area contributed by atoms with Crippen molar-refractivity contribution in [2.75, 3.05) is 5.32 Å². The minimum atomic E-state index is -0.317. The van der Waals surface area contributed by atoms with E-state index in [1.54, 1.807) is 0 Å². The number of aromatic nitrogens is 4. The number of rotatable bonds is 5. The number of hydrogen-bond acceptors (Lipinski definition) is 5. The number of pyridine rings is 1. The number of carbonyl (C=O) groups excluding carboxylic acids is 1. The molecule has 0 spiro atoms. The molecule has 0 saturated carbocycles. The highest BCUT2D eigenvalue weighted by molar-refractivity contribution is 9.10. The summed E-state index contributed by atoms with van der Waals surface area (Å²) in [4.78, 5) is 16.3. The van der Waals surface area contributed by atoms with Crippen LogP contribution in [0, 0.1) is 0 Å². The Hall–Kier alpha value is -2.00. The van der Waals surface area contributed by atoms with Crippen LogP contribution in [-0.4, -0.2) is 25.6 Å². The molecule has 2 N–H and O–H groups in total. The highest BCUT2D eigenvalue weighted by Crippen LogP contribution is 2.16. The predicted molar refractivity (Wildman–Crippen MR) is 92.7 cm³/mol. The van der Waals surface area contributed by atoms with Gasteiger partial charge < -0.3 is 9.72 Å². The minimum absolute atomic E-state index is 0.317. The van der Waals surface area contributed by atoms with Crippen LogP contribution >= 0.6 is 27.3 Å². The van der Waals surface area contributed by atoms with Crippen LogP contribution in [0.25, 0.3) is 5.65 Å². The number of fused-ring (bicyclic) bond motifs is 1. The fourth-order valence-corrected chi connectivity index (χ4v) is 3.22. The van der Waals surface area contributed by atoms with Crippen molar-refractivity contribution in [3.05, 3.63) is 39.7 Å². The summed E-state index contributed by atoms with van der Waals surface area (Å²) in [5, 5.41) is 14.8. The van der Waals surface area contributed by atoms with Gasteiger partial charge in [0.05, 0.1) is 12.2 Å². The number of nitrogens with one attached hydrogen (secondary N) is 2. The van der Waals surface area contributed by atoms with Crippen molar-refractivity contribution in [1.29, 1.82) is 0 Å². The number of anilines is 1. The van der Waals surface area contributed by atoms with Crippen LogP contribution in [0.5, 0.6) is 0 Å². The Morgan fingerprint density at radius 1 is 1.35 bits per heavy atom. The van der Waals surface area contributed by atoms with Gasteiger partial charge in [0.2, 0.25) is 5.13 Å². The number of halogens is 1. The van der Waals surface area contributed by atoms with E-state index in [0.29, 0.717) is 11.7 Å². The van der Waals surface area contributed by atoms with Crippen LogP contribution < -0.4 is 10.6 Å². The van der Waals surface area contributed by atoms with E-state index in [2.05, 4.69) is 48.7 Å². The van der Waals surface area contributed by atoms with Gasteiger partial charge in [-0.2, -0.15) is 0 Å². The molecule has 0 aliphatic carbocycles. The summed E-state index contributed by atoms with van der Waals surface area (Å²) in [7, 11) is 0. The van der Waals surface area contributed by atoms with Gasteiger partial charge in [-0.05, 0) is 34.5 Å². The third kappa shape index (κ3) is 4.05. The first kappa shape index (κ1) is 15.9. The first-order chi connectivity index (χ1) is 11.1. The Balaban J connectivity index is 1.56. The van der Waals surface area contributed by atoms with Gasteiger partial charge in [0.1, 0.15) is 10.7 Å². The van der Waals surface area contributed by atoms with E-state index in [0.717, 1.165) is 33.7 Å². The molecule has 0 unspecified atom stereocenters. The van der Waals surface area contributed by atoms with Gasteiger partial charge in [-0.1, -0.05) is 18.3 Å². The lowest BCUT2D eigenvalue weighted by Crippen LogP contribution is -2.28. The van der Waals surface area contributed by atoms with Crippen molar-refractivity contribution < 1.29 is 4.79 Å². The van der Waals surface area contributed by atoms with Gasteiger partial charge >= 0.3 is 6.03 Å². The number of amides is 2. The molecular weight excluding hydrogens is 380 g/mol. The van der Waals surface area contributed by atoms with E-state index in [-0.39, 0.29) is 6.03 Å². The molecule has 7 nitrogen and oxygen atoms in total. The number of imidazole rings is 1. The van der Waals surface area contributed by atoms with E-state index < -0.39 is 0 Å². The lowest BCUT2D eigenvalue weighted by atomic mass is 10.4. The van der Waals surface area contributed by atoms with Crippen molar-refractivity contribution in [3.8, 4) is 0 Å². The molecule has 0 bridgehead atoms. The van der Waals surface area contributed by atoms with E-state index in [1.807, 2.05) is 28.9 Å². The number of hydrogen-bond donors (Lipinski definition) is 2. The average Bonchev–Trinajstić information content (AvgIpc) is 3.11. The molecule has 3 heterocycles. The summed E-state index contributed by atoms with van der Waals surface area (Å²) in [5.74, 6) is 0. The van der Waals surface area contributed by atoms with Gasteiger partial charge in [-0.15, -0.1) is 10.2 Å². The average molecular weight is 395 g/mol.